The second kappa shape index (κ2) is 14.3. The molecule has 28 heavy (non-hydrogen) atoms. The molecule has 2 aromatic rings. The number of unbranched alkanes of at least 4 members (excludes halogenated alkanes) is 8. The predicted molar refractivity (Wildman–Crippen MR) is 113 cm³/mol. The Morgan fingerprint density at radius 1 is 0.464 bits per heavy atom. The van der Waals surface area contributed by atoms with Crippen molar-refractivity contribution in [2.75, 3.05) is 13.2 Å². The molecule has 4 heteroatoms. The molecule has 0 amide bonds. The van der Waals surface area contributed by atoms with E-state index < -0.39 is 0 Å². The summed E-state index contributed by atoms with van der Waals surface area (Å²) < 4.78 is 4.52. The summed E-state index contributed by atoms with van der Waals surface area (Å²) in [5.41, 5.74) is 2.52. The van der Waals surface area contributed by atoms with Crippen molar-refractivity contribution in [1.82, 2.24) is 0 Å². The molecule has 0 fully saturated rings. The molecule has 0 saturated heterocycles. The quantitative estimate of drug-likeness (QED) is 0.361. The summed E-state index contributed by atoms with van der Waals surface area (Å²) in [6.45, 7) is 2.77. The normalized spacial score (nSPS) is 11.1. The zero-order valence-electron chi connectivity index (χ0n) is 17.3. The second-order valence-corrected chi connectivity index (χ2v) is 7.63. The molecular weight excluding hydrogens is 348 g/mol. The van der Waals surface area contributed by atoms with Crippen LogP contribution in [0.2, 0.25) is 0 Å². The summed E-state index contributed by atoms with van der Waals surface area (Å²) in [7, 11) is 0. The van der Waals surface area contributed by atoms with Gasteiger partial charge in [0.05, 0.1) is 0 Å². The lowest BCUT2D eigenvalue weighted by molar-refractivity contribution is -0.697. The number of nitrogens with zero attached hydrogens (tertiary/aromatic N) is 2. The molecule has 2 N–H and O–H groups in total. The van der Waals surface area contributed by atoms with Gasteiger partial charge in [-0.1, -0.05) is 25.7 Å². The molecule has 0 unspecified atom stereocenters. The van der Waals surface area contributed by atoms with E-state index >= 15 is 0 Å². The standard InChI is InChI=1S/C24H38N2O2/c27-21-9-5-1-3-7-15-25-17-11-23(12-18-25)24-13-19-26(20-14-24)16-8-4-2-6-10-22-28/h11-14,17-20,27-28H,1-10,15-16,21-22H2/q+2. The zero-order chi connectivity index (χ0) is 19.9. The van der Waals surface area contributed by atoms with Crippen LogP contribution >= 0.6 is 0 Å². The minimum atomic E-state index is 0.321. The molecule has 2 rings (SSSR count). The van der Waals surface area contributed by atoms with Gasteiger partial charge in [-0.2, -0.15) is 0 Å². The molecule has 2 heterocycles. The van der Waals surface area contributed by atoms with E-state index in [1.165, 1.54) is 49.7 Å². The lowest BCUT2D eigenvalue weighted by Gasteiger charge is -2.02. The number of hydrogen-bond acceptors (Lipinski definition) is 2. The molecule has 0 aliphatic rings. The lowest BCUT2D eigenvalue weighted by atomic mass is 10.1. The summed E-state index contributed by atoms with van der Waals surface area (Å²) in [5, 5.41) is 17.6. The highest BCUT2D eigenvalue weighted by Crippen LogP contribution is 2.15. The van der Waals surface area contributed by atoms with Crippen LogP contribution in [0.25, 0.3) is 11.1 Å². The maximum absolute atomic E-state index is 8.80. The molecule has 0 aliphatic carbocycles. The van der Waals surface area contributed by atoms with E-state index in [1.54, 1.807) is 0 Å². The third kappa shape index (κ3) is 8.94. The number of hydrogen-bond donors (Lipinski definition) is 2. The van der Waals surface area contributed by atoms with Gasteiger partial charge in [-0.05, 0) is 36.8 Å². The number of pyridine rings is 2. The fraction of sp³-hybridized carbons (Fsp3) is 0.583. The average Bonchev–Trinajstić information content (AvgIpc) is 2.74. The Morgan fingerprint density at radius 2 is 0.786 bits per heavy atom. The highest BCUT2D eigenvalue weighted by Gasteiger charge is 2.06. The highest BCUT2D eigenvalue weighted by molar-refractivity contribution is 5.60. The third-order valence-electron chi connectivity index (χ3n) is 5.26. The largest absolute Gasteiger partial charge is 0.396 e. The van der Waals surface area contributed by atoms with Crippen LogP contribution in [0.5, 0.6) is 0 Å². The summed E-state index contributed by atoms with van der Waals surface area (Å²) in [6, 6.07) is 8.80. The first-order valence-corrected chi connectivity index (χ1v) is 11.0. The van der Waals surface area contributed by atoms with Crippen molar-refractivity contribution in [3.8, 4) is 11.1 Å². The number of aromatic nitrogens is 2. The number of aryl methyl sites for hydroxylation is 2. The van der Waals surface area contributed by atoms with Crippen molar-refractivity contribution in [3.63, 3.8) is 0 Å². The van der Waals surface area contributed by atoms with Gasteiger partial charge in [0.25, 0.3) is 0 Å². The van der Waals surface area contributed by atoms with Crippen LogP contribution < -0.4 is 9.13 Å². The molecule has 4 nitrogen and oxygen atoms in total. The molecule has 0 spiro atoms. The van der Waals surface area contributed by atoms with Crippen LogP contribution in [-0.2, 0) is 13.1 Å². The van der Waals surface area contributed by atoms with Gasteiger partial charge in [-0.25, -0.2) is 9.13 Å². The van der Waals surface area contributed by atoms with Crippen LogP contribution in [-0.4, -0.2) is 23.4 Å². The van der Waals surface area contributed by atoms with Crippen LogP contribution in [0.4, 0.5) is 0 Å². The fourth-order valence-corrected chi connectivity index (χ4v) is 3.47. The lowest BCUT2D eigenvalue weighted by Crippen LogP contribution is -2.33. The van der Waals surface area contributed by atoms with E-state index in [-0.39, 0.29) is 0 Å². The van der Waals surface area contributed by atoms with Crippen molar-refractivity contribution in [2.45, 2.75) is 77.3 Å². The Bertz CT molecular complexity index is 569. The van der Waals surface area contributed by atoms with E-state index in [2.05, 4.69) is 58.2 Å². The predicted octanol–water partition coefficient (Wildman–Crippen LogP) is 3.81. The summed E-state index contributed by atoms with van der Waals surface area (Å²) >= 11 is 0. The summed E-state index contributed by atoms with van der Waals surface area (Å²) in [4.78, 5) is 0. The monoisotopic (exact) mass is 386 g/mol. The first-order chi connectivity index (χ1) is 13.8. The van der Waals surface area contributed by atoms with Crippen LogP contribution in [0.15, 0.2) is 49.1 Å². The second-order valence-electron chi connectivity index (χ2n) is 7.63. The summed E-state index contributed by atoms with van der Waals surface area (Å²) in [5.74, 6) is 0. The van der Waals surface area contributed by atoms with Crippen molar-refractivity contribution in [1.29, 1.82) is 0 Å². The Hall–Kier alpha value is -1.78. The molecule has 0 aromatic carbocycles. The van der Waals surface area contributed by atoms with Crippen LogP contribution in [0, 0.1) is 0 Å². The van der Waals surface area contributed by atoms with Crippen molar-refractivity contribution in [2.24, 2.45) is 0 Å². The van der Waals surface area contributed by atoms with Gasteiger partial charge < -0.3 is 10.2 Å². The Balaban J connectivity index is 1.71. The number of aliphatic hydroxyl groups is 2. The Morgan fingerprint density at radius 3 is 1.14 bits per heavy atom. The van der Waals surface area contributed by atoms with Gasteiger partial charge in [0, 0.05) is 50.3 Å². The van der Waals surface area contributed by atoms with Gasteiger partial charge in [-0.3, -0.25) is 0 Å². The van der Waals surface area contributed by atoms with Gasteiger partial charge in [0.1, 0.15) is 13.1 Å². The summed E-state index contributed by atoms with van der Waals surface area (Å²) in [6.07, 6.45) is 20.1. The zero-order valence-corrected chi connectivity index (χ0v) is 17.3. The fourth-order valence-electron chi connectivity index (χ4n) is 3.47. The van der Waals surface area contributed by atoms with Gasteiger partial charge in [0.15, 0.2) is 24.8 Å². The molecular formula is C24H38N2O2+2. The molecule has 0 atom stereocenters. The van der Waals surface area contributed by atoms with Crippen LogP contribution in [0.1, 0.15) is 64.2 Å². The number of rotatable bonds is 15. The maximum Gasteiger partial charge on any atom is 0.169 e. The average molecular weight is 387 g/mol. The molecule has 0 bridgehead atoms. The Kier molecular flexibility index (Phi) is 11.5. The molecule has 0 aliphatic heterocycles. The smallest absolute Gasteiger partial charge is 0.169 e. The van der Waals surface area contributed by atoms with Gasteiger partial charge in [-0.15, -0.1) is 0 Å². The molecule has 2 aromatic heterocycles. The third-order valence-corrected chi connectivity index (χ3v) is 5.26. The molecule has 0 radical (unpaired) electrons. The topological polar surface area (TPSA) is 48.2 Å². The van der Waals surface area contributed by atoms with Crippen molar-refractivity contribution < 1.29 is 19.3 Å². The molecule has 154 valence electrons. The number of aliphatic hydroxyl groups excluding tert-OH is 2. The minimum Gasteiger partial charge on any atom is -0.396 e. The van der Waals surface area contributed by atoms with Gasteiger partial charge in [0.2, 0.25) is 0 Å². The Labute approximate surface area is 170 Å². The van der Waals surface area contributed by atoms with E-state index in [9.17, 15) is 0 Å². The molecule has 0 saturated carbocycles. The maximum atomic E-state index is 8.80. The van der Waals surface area contributed by atoms with Crippen molar-refractivity contribution in [3.05, 3.63) is 49.1 Å². The van der Waals surface area contributed by atoms with E-state index in [0.717, 1.165) is 38.8 Å². The first-order valence-electron chi connectivity index (χ1n) is 11.0. The van der Waals surface area contributed by atoms with E-state index in [0.29, 0.717) is 13.2 Å². The van der Waals surface area contributed by atoms with Crippen molar-refractivity contribution >= 4 is 0 Å². The van der Waals surface area contributed by atoms with Crippen LogP contribution in [0.3, 0.4) is 0 Å². The van der Waals surface area contributed by atoms with E-state index in [4.69, 9.17) is 10.2 Å². The minimum absolute atomic E-state index is 0.321. The highest BCUT2D eigenvalue weighted by atomic mass is 16.3. The SMILES string of the molecule is OCCCCCCC[n+]1ccc(-c2cc[n+](CCCCCCCO)cc2)cc1. The van der Waals surface area contributed by atoms with E-state index in [1.807, 2.05) is 0 Å². The van der Waals surface area contributed by atoms with Gasteiger partial charge >= 0.3 is 0 Å². The first kappa shape index (κ1) is 22.5.